The predicted octanol–water partition coefficient (Wildman–Crippen LogP) is 6.83. The Kier molecular flexibility index (Phi) is 7.36. The monoisotopic (exact) mass is 496 g/mol. The average Bonchev–Trinajstić information content (AvgIpc) is 2.85. The van der Waals surface area contributed by atoms with E-state index >= 15 is 0 Å². The third-order valence-electron chi connectivity index (χ3n) is 5.18. The Morgan fingerprint density at radius 2 is 1.80 bits per heavy atom. The van der Waals surface area contributed by atoms with Crippen LogP contribution in [0, 0.1) is 12.7 Å². The molecule has 0 bridgehead atoms. The van der Waals surface area contributed by atoms with Gasteiger partial charge < -0.3 is 18.6 Å². The molecule has 4 aromatic rings. The Morgan fingerprint density at radius 1 is 1.06 bits per heavy atom. The molecular formula is C27H22ClFO6. The minimum atomic E-state index is -0.464. The molecule has 0 spiro atoms. The van der Waals surface area contributed by atoms with Crippen molar-refractivity contribution < 1.29 is 27.8 Å². The summed E-state index contributed by atoms with van der Waals surface area (Å²) in [5, 5.41) is 0.558. The zero-order chi connectivity index (χ0) is 24.9. The molecular weight excluding hydrogens is 475 g/mol. The van der Waals surface area contributed by atoms with Crippen molar-refractivity contribution in [3.63, 3.8) is 0 Å². The number of esters is 1. The lowest BCUT2D eigenvalue weighted by atomic mass is 10.2. The number of hydrogen-bond donors (Lipinski definition) is 0. The first-order chi connectivity index (χ1) is 16.9. The molecule has 8 heteroatoms. The number of carbonyl (C=O) groups excluding carboxylic acids is 1. The van der Waals surface area contributed by atoms with Gasteiger partial charge in [-0.2, -0.15) is 0 Å². The van der Waals surface area contributed by atoms with Crippen molar-refractivity contribution in [3.05, 3.63) is 98.6 Å². The zero-order valence-corrected chi connectivity index (χ0v) is 19.9. The van der Waals surface area contributed by atoms with Gasteiger partial charge in [0.25, 0.3) is 0 Å². The maximum Gasteiger partial charge on any atom is 0.338 e. The first kappa shape index (κ1) is 24.3. The van der Waals surface area contributed by atoms with Gasteiger partial charge in [-0.1, -0.05) is 24.6 Å². The van der Waals surface area contributed by atoms with E-state index in [0.717, 1.165) is 6.42 Å². The van der Waals surface area contributed by atoms with Crippen LogP contribution in [0.1, 0.15) is 35.0 Å². The molecule has 0 aliphatic rings. The first-order valence-electron chi connectivity index (χ1n) is 11.0. The molecule has 4 rings (SSSR count). The van der Waals surface area contributed by atoms with E-state index in [0.29, 0.717) is 34.6 Å². The highest BCUT2D eigenvalue weighted by Crippen LogP contribution is 2.28. The SMILES string of the molecule is CCCOC(=O)c1ccc(Oc2c(C)oc3cc(OCc4c(F)cccc4Cl)ccc3c2=O)cc1. The molecule has 0 unspecified atom stereocenters. The lowest BCUT2D eigenvalue weighted by Gasteiger charge is -2.11. The number of aryl methyl sites for hydroxylation is 1. The highest BCUT2D eigenvalue weighted by Gasteiger charge is 2.16. The van der Waals surface area contributed by atoms with Gasteiger partial charge in [-0.3, -0.25) is 4.79 Å². The smallest absolute Gasteiger partial charge is 0.338 e. The second-order valence-electron chi connectivity index (χ2n) is 7.73. The summed E-state index contributed by atoms with van der Waals surface area (Å²) in [6.07, 6.45) is 0.734. The number of halogens is 2. The van der Waals surface area contributed by atoms with Crippen molar-refractivity contribution >= 4 is 28.5 Å². The first-order valence-corrected chi connectivity index (χ1v) is 11.3. The minimum absolute atomic E-state index is 0.0330. The van der Waals surface area contributed by atoms with Gasteiger partial charge in [0, 0.05) is 11.6 Å². The summed E-state index contributed by atoms with van der Waals surface area (Å²) in [6.45, 7) is 3.79. The number of hydrogen-bond acceptors (Lipinski definition) is 6. The summed E-state index contributed by atoms with van der Waals surface area (Å²) in [4.78, 5) is 25.0. The Bertz CT molecular complexity index is 1410. The number of fused-ring (bicyclic) bond motifs is 1. The van der Waals surface area contributed by atoms with E-state index in [1.165, 1.54) is 12.1 Å². The molecule has 35 heavy (non-hydrogen) atoms. The molecule has 6 nitrogen and oxygen atoms in total. The molecule has 0 aliphatic carbocycles. The Balaban J connectivity index is 1.54. The number of rotatable bonds is 8. The van der Waals surface area contributed by atoms with Crippen molar-refractivity contribution in [2.45, 2.75) is 26.9 Å². The van der Waals surface area contributed by atoms with Crippen LogP contribution in [0.15, 0.2) is 69.9 Å². The second-order valence-corrected chi connectivity index (χ2v) is 8.13. The van der Waals surface area contributed by atoms with Gasteiger partial charge in [-0.05, 0) is 61.9 Å². The molecule has 0 saturated carbocycles. The molecule has 0 atom stereocenters. The maximum absolute atomic E-state index is 14.0. The third-order valence-corrected chi connectivity index (χ3v) is 5.53. The highest BCUT2D eigenvalue weighted by atomic mass is 35.5. The van der Waals surface area contributed by atoms with Crippen molar-refractivity contribution in [1.82, 2.24) is 0 Å². The standard InChI is InChI=1S/C27H22ClFO6/c1-3-13-32-27(31)17-7-9-18(10-8-17)35-26-16(2)34-24-14-19(11-12-20(24)25(26)30)33-15-21-22(28)5-4-6-23(21)29/h4-12,14H,3,13,15H2,1-2H3. The van der Waals surface area contributed by atoms with Crippen LogP contribution in [0.4, 0.5) is 4.39 Å². The van der Waals surface area contributed by atoms with Crippen molar-refractivity contribution in [2.75, 3.05) is 6.61 Å². The van der Waals surface area contributed by atoms with Gasteiger partial charge in [0.15, 0.2) is 0 Å². The highest BCUT2D eigenvalue weighted by molar-refractivity contribution is 6.31. The molecule has 3 aromatic carbocycles. The molecule has 0 fully saturated rings. The van der Waals surface area contributed by atoms with E-state index < -0.39 is 11.8 Å². The topological polar surface area (TPSA) is 75.0 Å². The summed E-state index contributed by atoms with van der Waals surface area (Å²) >= 11 is 6.04. The van der Waals surface area contributed by atoms with E-state index in [2.05, 4.69) is 0 Å². The predicted molar refractivity (Wildman–Crippen MR) is 130 cm³/mol. The Morgan fingerprint density at radius 3 is 2.51 bits per heavy atom. The van der Waals surface area contributed by atoms with Crippen molar-refractivity contribution in [3.8, 4) is 17.2 Å². The lowest BCUT2D eigenvalue weighted by molar-refractivity contribution is 0.0505. The summed E-state index contributed by atoms with van der Waals surface area (Å²) in [5.41, 5.74) is 0.558. The number of carbonyl (C=O) groups is 1. The van der Waals surface area contributed by atoms with Crippen LogP contribution < -0.4 is 14.9 Å². The van der Waals surface area contributed by atoms with E-state index in [1.807, 2.05) is 6.92 Å². The van der Waals surface area contributed by atoms with Crippen LogP contribution in [-0.4, -0.2) is 12.6 Å². The molecule has 0 saturated heterocycles. The fourth-order valence-electron chi connectivity index (χ4n) is 3.36. The zero-order valence-electron chi connectivity index (χ0n) is 19.1. The molecule has 0 aliphatic heterocycles. The lowest BCUT2D eigenvalue weighted by Crippen LogP contribution is -2.08. The van der Waals surface area contributed by atoms with Crippen LogP contribution in [-0.2, 0) is 11.3 Å². The van der Waals surface area contributed by atoms with E-state index in [1.54, 1.807) is 55.5 Å². The van der Waals surface area contributed by atoms with E-state index in [-0.39, 0.29) is 34.1 Å². The molecule has 0 N–H and O–H groups in total. The third kappa shape index (κ3) is 5.46. The molecule has 0 amide bonds. The summed E-state index contributed by atoms with van der Waals surface area (Å²) in [5.74, 6) is 0.171. The van der Waals surface area contributed by atoms with Gasteiger partial charge in [0.1, 0.15) is 35.3 Å². The molecule has 1 aromatic heterocycles. The van der Waals surface area contributed by atoms with Gasteiger partial charge in [-0.15, -0.1) is 0 Å². The molecule has 1 heterocycles. The van der Waals surface area contributed by atoms with Gasteiger partial charge in [0.2, 0.25) is 11.2 Å². The van der Waals surface area contributed by atoms with Crippen LogP contribution in [0.25, 0.3) is 11.0 Å². The van der Waals surface area contributed by atoms with E-state index in [4.69, 9.17) is 30.2 Å². The summed E-state index contributed by atoms with van der Waals surface area (Å²) in [6, 6.07) is 15.4. The Labute approximate surface area is 205 Å². The van der Waals surface area contributed by atoms with Crippen molar-refractivity contribution in [1.29, 1.82) is 0 Å². The van der Waals surface area contributed by atoms with Crippen LogP contribution in [0.2, 0.25) is 5.02 Å². The second kappa shape index (κ2) is 10.6. The quantitative estimate of drug-likeness (QED) is 0.249. The number of benzene rings is 3. The van der Waals surface area contributed by atoms with Crippen LogP contribution in [0.3, 0.4) is 0 Å². The van der Waals surface area contributed by atoms with E-state index in [9.17, 15) is 14.0 Å². The fraction of sp³-hybridized carbons (Fsp3) is 0.185. The van der Waals surface area contributed by atoms with Crippen LogP contribution in [0.5, 0.6) is 17.2 Å². The fourth-order valence-corrected chi connectivity index (χ4v) is 3.57. The van der Waals surface area contributed by atoms with Gasteiger partial charge >= 0.3 is 5.97 Å². The van der Waals surface area contributed by atoms with Gasteiger partial charge in [-0.25, -0.2) is 9.18 Å². The number of ether oxygens (including phenoxy) is 3. The molecule has 180 valence electrons. The van der Waals surface area contributed by atoms with Crippen LogP contribution >= 0.6 is 11.6 Å². The maximum atomic E-state index is 14.0. The molecule has 0 radical (unpaired) electrons. The minimum Gasteiger partial charge on any atom is -0.489 e. The average molecular weight is 497 g/mol. The summed E-state index contributed by atoms with van der Waals surface area (Å²) < 4.78 is 36.4. The Hall–Kier alpha value is -3.84. The van der Waals surface area contributed by atoms with Crippen molar-refractivity contribution in [2.24, 2.45) is 0 Å². The largest absolute Gasteiger partial charge is 0.489 e. The van der Waals surface area contributed by atoms with Gasteiger partial charge in [0.05, 0.1) is 22.6 Å². The summed E-state index contributed by atoms with van der Waals surface area (Å²) in [7, 11) is 0. The normalized spacial score (nSPS) is 10.9.